The molecular weight excluding hydrogens is 664 g/mol. The number of halogens is 9. The molecule has 3 rings (SSSR count). The van der Waals surface area contributed by atoms with Crippen molar-refractivity contribution in [2.45, 2.75) is 22.1 Å². The van der Waals surface area contributed by atoms with Gasteiger partial charge < -0.3 is 10.6 Å². The van der Waals surface area contributed by atoms with Crippen molar-refractivity contribution < 1.29 is 61.5 Å². The third kappa shape index (κ3) is 9.79. The standard InChI is InChI=1S/C11H7F4N3O3S2.C8H4ClF4NO3S/c12-7-5-6(23(20,21)18-10-16-3-4-22-10)1-2-8(7)17-9(19)11(13,14)15;9-18(16,17)4-1-2-6(5(10)3-4)14-7(15)8(11,12)13/h1-5H,(H,16,18)(H,17,19);1-3H,(H,14,15). The second-order valence-electron chi connectivity index (χ2n) is 7.07. The van der Waals surface area contributed by atoms with E-state index in [4.69, 9.17) is 10.7 Å². The molecule has 0 unspecified atom stereocenters. The molecule has 0 saturated carbocycles. The summed E-state index contributed by atoms with van der Waals surface area (Å²) in [4.78, 5) is 23.8. The molecule has 0 saturated heterocycles. The Morgan fingerprint density at radius 3 is 1.59 bits per heavy atom. The van der Waals surface area contributed by atoms with E-state index >= 15 is 0 Å². The summed E-state index contributed by atoms with van der Waals surface area (Å²) in [6.07, 6.45) is -9.02. The third-order valence-corrected chi connectivity index (χ3v) is 7.64. The SMILES string of the molecule is O=C(Nc1ccc(S(=O)(=O)Cl)cc1F)C(F)(F)F.O=C(Nc1ccc(S(=O)(=O)Nc2nccs2)cc1F)C(F)(F)F. The van der Waals surface area contributed by atoms with Crippen LogP contribution in [0.25, 0.3) is 0 Å². The van der Waals surface area contributed by atoms with Gasteiger partial charge in [0.1, 0.15) is 11.6 Å². The first-order valence-electron chi connectivity index (χ1n) is 9.83. The van der Waals surface area contributed by atoms with Gasteiger partial charge in [-0.1, -0.05) is 0 Å². The summed E-state index contributed by atoms with van der Waals surface area (Å²) in [6, 6.07) is 3.88. The number of nitrogens with one attached hydrogen (secondary N) is 3. The van der Waals surface area contributed by atoms with Crippen LogP contribution in [0.15, 0.2) is 57.8 Å². The molecule has 2 aromatic carbocycles. The van der Waals surface area contributed by atoms with E-state index in [1.807, 2.05) is 0 Å². The Kier molecular flexibility index (Phi) is 10.3. The van der Waals surface area contributed by atoms with Crippen molar-refractivity contribution in [2.24, 2.45) is 0 Å². The maximum absolute atomic E-state index is 13.7. The molecular formula is C19H11ClF8N4O6S3. The minimum atomic E-state index is -5.19. The van der Waals surface area contributed by atoms with Crippen molar-refractivity contribution >= 4 is 69.4 Å². The van der Waals surface area contributed by atoms with Crippen LogP contribution in [0.1, 0.15) is 0 Å². The van der Waals surface area contributed by atoms with Gasteiger partial charge in [0.15, 0.2) is 5.13 Å². The highest BCUT2D eigenvalue weighted by Gasteiger charge is 2.40. The van der Waals surface area contributed by atoms with E-state index in [2.05, 4.69) is 9.71 Å². The zero-order valence-electron chi connectivity index (χ0n) is 19.1. The van der Waals surface area contributed by atoms with E-state index in [1.54, 1.807) is 0 Å². The Morgan fingerprint density at radius 2 is 1.22 bits per heavy atom. The Bertz CT molecular complexity index is 1650. The van der Waals surface area contributed by atoms with E-state index in [0.717, 1.165) is 29.5 Å². The van der Waals surface area contributed by atoms with Crippen molar-refractivity contribution in [1.82, 2.24) is 4.98 Å². The molecule has 224 valence electrons. The van der Waals surface area contributed by atoms with E-state index < -0.39 is 76.0 Å². The van der Waals surface area contributed by atoms with Gasteiger partial charge in [0, 0.05) is 22.3 Å². The molecule has 0 fully saturated rings. The largest absolute Gasteiger partial charge is 0.471 e. The first kappa shape index (κ1) is 33.6. The van der Waals surface area contributed by atoms with E-state index in [9.17, 15) is 61.5 Å². The maximum atomic E-state index is 13.7. The second-order valence-corrected chi connectivity index (χ2v) is 12.2. The summed E-state index contributed by atoms with van der Waals surface area (Å²) < 4.78 is 147. The number of thiazole rings is 1. The lowest BCUT2D eigenvalue weighted by molar-refractivity contribution is -0.167. The van der Waals surface area contributed by atoms with Crippen LogP contribution in [-0.2, 0) is 28.7 Å². The number of carbonyl (C=O) groups excluding carboxylic acids is 2. The van der Waals surface area contributed by atoms with Crippen LogP contribution in [0.3, 0.4) is 0 Å². The molecule has 1 aromatic heterocycles. The van der Waals surface area contributed by atoms with Gasteiger partial charge >= 0.3 is 24.2 Å². The van der Waals surface area contributed by atoms with Crippen LogP contribution < -0.4 is 15.4 Å². The molecule has 0 bridgehead atoms. The van der Waals surface area contributed by atoms with Crippen molar-refractivity contribution in [2.75, 3.05) is 15.4 Å². The molecule has 0 aliphatic carbocycles. The normalized spacial score (nSPS) is 12.1. The average Bonchev–Trinajstić information content (AvgIpc) is 3.32. The van der Waals surface area contributed by atoms with Gasteiger partial charge in [-0.3, -0.25) is 14.3 Å². The molecule has 22 heteroatoms. The highest BCUT2D eigenvalue weighted by Crippen LogP contribution is 2.25. The van der Waals surface area contributed by atoms with Gasteiger partial charge in [0.25, 0.3) is 19.1 Å². The molecule has 0 radical (unpaired) electrons. The zero-order chi connectivity index (χ0) is 31.4. The topological polar surface area (TPSA) is 151 Å². The Labute approximate surface area is 232 Å². The quantitative estimate of drug-likeness (QED) is 0.250. The summed E-state index contributed by atoms with van der Waals surface area (Å²) in [5.41, 5.74) is -1.60. The molecule has 1 heterocycles. The Hall–Kier alpha value is -3.56. The fourth-order valence-electron chi connectivity index (χ4n) is 2.35. The van der Waals surface area contributed by atoms with Crippen LogP contribution >= 0.6 is 22.0 Å². The van der Waals surface area contributed by atoms with Gasteiger partial charge in [0.05, 0.1) is 21.2 Å². The minimum Gasteiger partial charge on any atom is -0.316 e. The highest BCUT2D eigenvalue weighted by molar-refractivity contribution is 8.13. The number of aromatic nitrogens is 1. The second kappa shape index (κ2) is 12.5. The van der Waals surface area contributed by atoms with Crippen molar-refractivity contribution in [1.29, 1.82) is 0 Å². The van der Waals surface area contributed by atoms with Gasteiger partial charge in [-0.15, -0.1) is 11.3 Å². The van der Waals surface area contributed by atoms with Gasteiger partial charge in [-0.05, 0) is 36.4 Å². The van der Waals surface area contributed by atoms with Crippen molar-refractivity contribution in [3.63, 3.8) is 0 Å². The summed E-state index contributed by atoms with van der Waals surface area (Å²) >= 11 is 0.986. The van der Waals surface area contributed by atoms with Gasteiger partial charge in [0.2, 0.25) is 0 Å². The predicted octanol–water partition coefficient (Wildman–Crippen LogP) is 4.84. The van der Waals surface area contributed by atoms with Gasteiger partial charge in [-0.2, -0.15) is 26.3 Å². The third-order valence-electron chi connectivity index (χ3n) is 4.14. The summed E-state index contributed by atoms with van der Waals surface area (Å²) in [5, 5.41) is 4.11. The predicted molar refractivity (Wildman–Crippen MR) is 128 cm³/mol. The van der Waals surface area contributed by atoms with E-state index in [-0.39, 0.29) is 5.13 Å². The maximum Gasteiger partial charge on any atom is 0.471 e. The van der Waals surface area contributed by atoms with Crippen molar-refractivity contribution in [3.05, 3.63) is 59.6 Å². The first-order valence-corrected chi connectivity index (χ1v) is 14.5. The fourth-order valence-corrected chi connectivity index (χ4v) is 4.91. The number of carbonyl (C=O) groups is 2. The molecule has 0 aliphatic rings. The fraction of sp³-hybridized carbons (Fsp3) is 0.105. The zero-order valence-corrected chi connectivity index (χ0v) is 22.3. The van der Waals surface area contributed by atoms with Crippen LogP contribution in [0.5, 0.6) is 0 Å². The van der Waals surface area contributed by atoms with Crippen molar-refractivity contribution in [3.8, 4) is 0 Å². The lowest BCUT2D eigenvalue weighted by atomic mass is 10.3. The number of hydrogen-bond donors (Lipinski definition) is 3. The van der Waals surface area contributed by atoms with Crippen LogP contribution in [-0.4, -0.2) is 46.0 Å². The highest BCUT2D eigenvalue weighted by atomic mass is 35.7. The molecule has 0 spiro atoms. The minimum absolute atomic E-state index is 0.0415. The number of benzene rings is 2. The van der Waals surface area contributed by atoms with Gasteiger partial charge in [-0.25, -0.2) is 30.6 Å². The Balaban J connectivity index is 0.000000296. The lowest BCUT2D eigenvalue weighted by Crippen LogP contribution is -2.30. The van der Waals surface area contributed by atoms with Crippen LogP contribution in [0, 0.1) is 11.6 Å². The number of nitrogens with zero attached hydrogens (tertiary/aromatic N) is 1. The Morgan fingerprint density at radius 1 is 0.780 bits per heavy atom. The average molecular weight is 675 g/mol. The number of rotatable bonds is 6. The molecule has 0 aliphatic heterocycles. The molecule has 3 N–H and O–H groups in total. The molecule has 0 atom stereocenters. The molecule has 10 nitrogen and oxygen atoms in total. The van der Waals surface area contributed by atoms with E-state index in [0.29, 0.717) is 18.2 Å². The number of alkyl halides is 6. The molecule has 41 heavy (non-hydrogen) atoms. The van der Waals surface area contributed by atoms with E-state index in [1.165, 1.54) is 22.2 Å². The number of anilines is 3. The summed E-state index contributed by atoms with van der Waals surface area (Å²) in [7, 11) is -3.46. The molecule has 3 aromatic rings. The summed E-state index contributed by atoms with van der Waals surface area (Å²) in [5.74, 6) is -7.42. The number of hydrogen-bond acceptors (Lipinski definition) is 8. The first-order chi connectivity index (χ1) is 18.6. The van der Waals surface area contributed by atoms with Crippen LogP contribution in [0.4, 0.5) is 51.6 Å². The summed E-state index contributed by atoms with van der Waals surface area (Å²) in [6.45, 7) is 0. The van der Waals surface area contributed by atoms with Crippen LogP contribution in [0.2, 0.25) is 0 Å². The monoisotopic (exact) mass is 674 g/mol. The smallest absolute Gasteiger partial charge is 0.316 e. The number of sulfonamides is 1. The number of amides is 2. The lowest BCUT2D eigenvalue weighted by Gasteiger charge is -2.10. The molecule has 2 amide bonds.